The zero-order valence-electron chi connectivity index (χ0n) is 12.4. The first-order valence-electron chi connectivity index (χ1n) is 6.99. The van der Waals surface area contributed by atoms with Crippen LogP contribution >= 0.6 is 22.9 Å². The number of rotatable bonds is 2. The topological polar surface area (TPSA) is 36.4 Å². The zero-order chi connectivity index (χ0) is 15.1. The fraction of sp³-hybridized carbons (Fsp3) is 0.467. The number of fused-ring (bicyclic) bond motifs is 1. The molecule has 1 unspecified atom stereocenters. The van der Waals surface area contributed by atoms with E-state index < -0.39 is 0 Å². The van der Waals surface area contributed by atoms with Gasteiger partial charge in [0.2, 0.25) is 5.91 Å². The lowest BCUT2D eigenvalue weighted by Gasteiger charge is -2.17. The van der Waals surface area contributed by atoms with Crippen molar-refractivity contribution in [3.05, 3.63) is 22.7 Å². The molecular formula is C15H18ClN3OS. The normalized spacial score (nSPS) is 18.5. The fourth-order valence-corrected chi connectivity index (χ4v) is 3.94. The number of carbonyl (C=O) groups is 1. The van der Waals surface area contributed by atoms with Crippen LogP contribution in [-0.4, -0.2) is 43.0 Å². The number of nitrogens with zero attached hydrogens (tertiary/aromatic N) is 3. The molecule has 4 nitrogen and oxygen atoms in total. The van der Waals surface area contributed by atoms with Gasteiger partial charge in [0.15, 0.2) is 5.13 Å². The number of hydrogen-bond acceptors (Lipinski definition) is 4. The van der Waals surface area contributed by atoms with Crippen LogP contribution in [0, 0.1) is 12.8 Å². The van der Waals surface area contributed by atoms with Gasteiger partial charge >= 0.3 is 0 Å². The van der Waals surface area contributed by atoms with Crippen molar-refractivity contribution in [2.45, 2.75) is 13.3 Å². The number of thiazole rings is 1. The molecule has 1 atom stereocenters. The third kappa shape index (κ3) is 2.60. The van der Waals surface area contributed by atoms with Gasteiger partial charge in [-0.05, 0) is 31.0 Å². The predicted molar refractivity (Wildman–Crippen MR) is 88.4 cm³/mol. The molecule has 0 bridgehead atoms. The average molecular weight is 324 g/mol. The molecule has 0 saturated carbocycles. The van der Waals surface area contributed by atoms with E-state index in [2.05, 4.69) is 4.90 Å². The molecule has 6 heteroatoms. The average Bonchev–Trinajstić information content (AvgIpc) is 3.08. The lowest BCUT2D eigenvalue weighted by molar-refractivity contribution is -0.132. The summed E-state index contributed by atoms with van der Waals surface area (Å²) in [5, 5.41) is 1.74. The van der Waals surface area contributed by atoms with E-state index in [0.717, 1.165) is 45.4 Å². The Hall–Kier alpha value is -1.33. The Kier molecular flexibility index (Phi) is 3.80. The van der Waals surface area contributed by atoms with Gasteiger partial charge in [0.05, 0.1) is 16.1 Å². The minimum absolute atomic E-state index is 0.0803. The maximum absolute atomic E-state index is 12.1. The van der Waals surface area contributed by atoms with Crippen molar-refractivity contribution in [2.75, 3.05) is 32.1 Å². The highest BCUT2D eigenvalue weighted by Crippen LogP contribution is 2.35. The molecule has 0 aliphatic carbocycles. The Balaban J connectivity index is 1.86. The number of amides is 1. The highest BCUT2D eigenvalue weighted by Gasteiger charge is 2.30. The van der Waals surface area contributed by atoms with E-state index in [1.807, 2.05) is 33.2 Å². The summed E-state index contributed by atoms with van der Waals surface area (Å²) < 4.78 is 1.15. The molecule has 21 heavy (non-hydrogen) atoms. The van der Waals surface area contributed by atoms with Crippen molar-refractivity contribution < 1.29 is 4.79 Å². The van der Waals surface area contributed by atoms with Crippen LogP contribution in [0.5, 0.6) is 0 Å². The smallest absolute Gasteiger partial charge is 0.227 e. The lowest BCUT2D eigenvalue weighted by atomic mass is 10.1. The maximum atomic E-state index is 12.1. The summed E-state index contributed by atoms with van der Waals surface area (Å²) in [6.07, 6.45) is 0.896. The number of aryl methyl sites for hydroxylation is 1. The van der Waals surface area contributed by atoms with Gasteiger partial charge in [0.1, 0.15) is 0 Å². The Morgan fingerprint density at radius 2 is 2.24 bits per heavy atom. The van der Waals surface area contributed by atoms with Crippen molar-refractivity contribution in [1.29, 1.82) is 0 Å². The lowest BCUT2D eigenvalue weighted by Crippen LogP contribution is -2.31. The fourth-order valence-electron chi connectivity index (χ4n) is 2.72. The van der Waals surface area contributed by atoms with Crippen LogP contribution in [0.3, 0.4) is 0 Å². The van der Waals surface area contributed by atoms with E-state index in [0.29, 0.717) is 0 Å². The van der Waals surface area contributed by atoms with Crippen LogP contribution in [0.25, 0.3) is 10.2 Å². The van der Waals surface area contributed by atoms with Crippen molar-refractivity contribution in [3.8, 4) is 0 Å². The predicted octanol–water partition coefficient (Wildman–Crippen LogP) is 3.17. The molecule has 0 radical (unpaired) electrons. The second kappa shape index (κ2) is 5.46. The van der Waals surface area contributed by atoms with Crippen molar-refractivity contribution in [1.82, 2.24) is 9.88 Å². The summed E-state index contributed by atoms with van der Waals surface area (Å²) in [5.41, 5.74) is 2.00. The van der Waals surface area contributed by atoms with Crippen LogP contribution in [-0.2, 0) is 4.79 Å². The Morgan fingerprint density at radius 1 is 1.48 bits per heavy atom. The SMILES string of the molecule is Cc1c(Cl)ccc2sc(N3CCC(C(=O)N(C)C)C3)nc12. The molecule has 2 heterocycles. The molecular weight excluding hydrogens is 306 g/mol. The molecule has 0 N–H and O–H groups in total. The van der Waals surface area contributed by atoms with Gasteiger partial charge in [0.25, 0.3) is 0 Å². The van der Waals surface area contributed by atoms with Gasteiger partial charge in [-0.1, -0.05) is 22.9 Å². The van der Waals surface area contributed by atoms with Gasteiger partial charge in [-0.25, -0.2) is 4.98 Å². The Morgan fingerprint density at radius 3 is 2.95 bits per heavy atom. The number of carbonyl (C=O) groups excluding carboxylic acids is 1. The van der Waals surface area contributed by atoms with Crippen molar-refractivity contribution >= 4 is 44.2 Å². The number of halogens is 1. The third-order valence-electron chi connectivity index (χ3n) is 3.99. The van der Waals surface area contributed by atoms with E-state index in [-0.39, 0.29) is 11.8 Å². The summed E-state index contributed by atoms with van der Waals surface area (Å²) in [5.74, 6) is 0.287. The monoisotopic (exact) mass is 323 g/mol. The zero-order valence-corrected chi connectivity index (χ0v) is 14.0. The second-order valence-electron chi connectivity index (χ2n) is 5.68. The molecule has 1 aromatic heterocycles. The first kappa shape index (κ1) is 14.6. The molecule has 1 aliphatic rings. The number of aromatic nitrogens is 1. The van der Waals surface area contributed by atoms with Crippen LogP contribution in [0.4, 0.5) is 5.13 Å². The highest BCUT2D eigenvalue weighted by atomic mass is 35.5. The molecule has 1 fully saturated rings. The molecule has 1 amide bonds. The summed E-state index contributed by atoms with van der Waals surface area (Å²) in [4.78, 5) is 20.7. The largest absolute Gasteiger partial charge is 0.349 e. The molecule has 1 aliphatic heterocycles. The standard InChI is InChI=1S/C15H18ClN3OS/c1-9-11(16)4-5-12-13(9)17-15(21-12)19-7-6-10(8-19)14(20)18(2)3/h4-5,10H,6-8H2,1-3H3. The minimum atomic E-state index is 0.0803. The summed E-state index contributed by atoms with van der Waals surface area (Å²) >= 11 is 7.83. The van der Waals surface area contributed by atoms with E-state index in [1.165, 1.54) is 0 Å². The summed E-state index contributed by atoms with van der Waals surface area (Å²) in [7, 11) is 3.63. The van der Waals surface area contributed by atoms with Crippen molar-refractivity contribution in [2.24, 2.45) is 5.92 Å². The summed E-state index contributed by atoms with van der Waals surface area (Å²) in [6, 6.07) is 3.94. The second-order valence-corrected chi connectivity index (χ2v) is 7.10. The third-order valence-corrected chi connectivity index (χ3v) is 5.48. The molecule has 1 aromatic carbocycles. The van der Waals surface area contributed by atoms with Gasteiger partial charge < -0.3 is 9.80 Å². The van der Waals surface area contributed by atoms with Gasteiger partial charge in [-0.3, -0.25) is 4.79 Å². The van der Waals surface area contributed by atoms with Gasteiger partial charge in [0, 0.05) is 32.2 Å². The van der Waals surface area contributed by atoms with E-state index >= 15 is 0 Å². The molecule has 112 valence electrons. The molecule has 2 aromatic rings. The molecule has 1 saturated heterocycles. The number of anilines is 1. The van der Waals surface area contributed by atoms with Crippen LogP contribution in [0.2, 0.25) is 5.02 Å². The number of hydrogen-bond donors (Lipinski definition) is 0. The van der Waals surface area contributed by atoms with E-state index in [1.54, 1.807) is 16.2 Å². The Bertz CT molecular complexity index is 698. The summed E-state index contributed by atoms with van der Waals surface area (Å²) in [6.45, 7) is 3.64. The van der Waals surface area contributed by atoms with E-state index in [4.69, 9.17) is 16.6 Å². The van der Waals surface area contributed by atoms with Crippen LogP contribution in [0.1, 0.15) is 12.0 Å². The highest BCUT2D eigenvalue weighted by molar-refractivity contribution is 7.22. The quantitative estimate of drug-likeness (QED) is 0.851. The van der Waals surface area contributed by atoms with Crippen LogP contribution in [0.15, 0.2) is 12.1 Å². The Labute approximate surface area is 133 Å². The molecule has 3 rings (SSSR count). The van der Waals surface area contributed by atoms with Crippen molar-refractivity contribution in [3.63, 3.8) is 0 Å². The number of benzene rings is 1. The maximum Gasteiger partial charge on any atom is 0.227 e. The van der Waals surface area contributed by atoms with E-state index in [9.17, 15) is 4.79 Å². The minimum Gasteiger partial charge on any atom is -0.349 e. The molecule has 0 spiro atoms. The first-order valence-corrected chi connectivity index (χ1v) is 8.18. The first-order chi connectivity index (χ1) is 9.97. The van der Waals surface area contributed by atoms with Gasteiger partial charge in [-0.15, -0.1) is 0 Å². The van der Waals surface area contributed by atoms with Crippen LogP contribution < -0.4 is 4.90 Å². The van der Waals surface area contributed by atoms with Gasteiger partial charge in [-0.2, -0.15) is 0 Å².